The van der Waals surface area contributed by atoms with Gasteiger partial charge in [-0.05, 0) is 25.0 Å². The van der Waals surface area contributed by atoms with Gasteiger partial charge in [-0.25, -0.2) is 4.99 Å². The van der Waals surface area contributed by atoms with Crippen molar-refractivity contribution in [3.8, 4) is 0 Å². The number of aromatic amines is 1. The molecular formula is C18H23N5S. The summed E-state index contributed by atoms with van der Waals surface area (Å²) in [6.45, 7) is 4.84. The SMILES string of the molecule is CCC1=C(c2cc[nH]c2C)N(NC(N)=NCc2ccccc2)CS1. The Kier molecular flexibility index (Phi) is 5.15. The molecule has 0 bridgehead atoms. The van der Waals surface area contributed by atoms with Gasteiger partial charge in [0, 0.05) is 22.4 Å². The van der Waals surface area contributed by atoms with Crippen molar-refractivity contribution >= 4 is 23.4 Å². The summed E-state index contributed by atoms with van der Waals surface area (Å²) in [5.74, 6) is 1.26. The van der Waals surface area contributed by atoms with E-state index in [4.69, 9.17) is 5.73 Å². The summed E-state index contributed by atoms with van der Waals surface area (Å²) in [5.41, 5.74) is 14.0. The maximum Gasteiger partial charge on any atom is 0.208 e. The number of nitrogens with zero attached hydrogens (tertiary/aromatic N) is 2. The summed E-state index contributed by atoms with van der Waals surface area (Å²) in [6.07, 6.45) is 2.98. The van der Waals surface area contributed by atoms with Crippen LogP contribution < -0.4 is 11.2 Å². The van der Waals surface area contributed by atoms with Crippen LogP contribution in [0, 0.1) is 6.92 Å². The number of aliphatic imine (C=N–C) groups is 1. The number of allylic oxidation sites excluding steroid dienone is 1. The molecule has 3 rings (SSSR count). The molecule has 0 aliphatic carbocycles. The third-order valence-electron chi connectivity index (χ3n) is 3.96. The second-order valence-electron chi connectivity index (χ2n) is 5.64. The lowest BCUT2D eigenvalue weighted by molar-refractivity contribution is 0.417. The maximum atomic E-state index is 6.10. The minimum Gasteiger partial charge on any atom is -0.369 e. The molecular weight excluding hydrogens is 318 g/mol. The summed E-state index contributed by atoms with van der Waals surface area (Å²) >= 11 is 1.84. The molecule has 6 heteroatoms. The van der Waals surface area contributed by atoms with Gasteiger partial charge in [-0.3, -0.25) is 10.4 Å². The number of thioether (sulfide) groups is 1. The Labute approximate surface area is 147 Å². The zero-order chi connectivity index (χ0) is 16.9. The van der Waals surface area contributed by atoms with Gasteiger partial charge in [0.25, 0.3) is 0 Å². The normalized spacial score (nSPS) is 15.2. The van der Waals surface area contributed by atoms with Crippen LogP contribution in [0.5, 0.6) is 0 Å². The van der Waals surface area contributed by atoms with E-state index in [2.05, 4.69) is 40.3 Å². The van der Waals surface area contributed by atoms with Gasteiger partial charge in [-0.2, -0.15) is 0 Å². The second kappa shape index (κ2) is 7.49. The summed E-state index contributed by atoms with van der Waals surface area (Å²) in [5, 5.41) is 2.09. The van der Waals surface area contributed by atoms with Gasteiger partial charge in [0.2, 0.25) is 5.96 Å². The number of benzene rings is 1. The fourth-order valence-electron chi connectivity index (χ4n) is 2.72. The van der Waals surface area contributed by atoms with Gasteiger partial charge >= 0.3 is 0 Å². The second-order valence-corrected chi connectivity index (χ2v) is 6.68. The van der Waals surface area contributed by atoms with E-state index in [1.54, 1.807) is 0 Å². The molecule has 4 N–H and O–H groups in total. The summed E-state index contributed by atoms with van der Waals surface area (Å²) in [4.78, 5) is 9.06. The highest BCUT2D eigenvalue weighted by Gasteiger charge is 2.25. The minimum atomic E-state index is 0.433. The Morgan fingerprint density at radius 2 is 2.12 bits per heavy atom. The summed E-state index contributed by atoms with van der Waals surface area (Å²) < 4.78 is 0. The number of nitrogens with one attached hydrogen (secondary N) is 2. The predicted molar refractivity (Wildman–Crippen MR) is 102 cm³/mol. The van der Waals surface area contributed by atoms with Crippen LogP contribution in [0.25, 0.3) is 5.70 Å². The molecule has 0 fully saturated rings. The molecule has 1 aromatic carbocycles. The van der Waals surface area contributed by atoms with Gasteiger partial charge in [0.15, 0.2) is 0 Å². The van der Waals surface area contributed by atoms with E-state index in [1.807, 2.05) is 48.3 Å². The lowest BCUT2D eigenvalue weighted by atomic mass is 10.1. The Balaban J connectivity index is 1.74. The molecule has 24 heavy (non-hydrogen) atoms. The van der Waals surface area contributed by atoms with Crippen LogP contribution in [-0.4, -0.2) is 21.8 Å². The Morgan fingerprint density at radius 3 is 2.79 bits per heavy atom. The molecule has 0 unspecified atom stereocenters. The summed E-state index contributed by atoms with van der Waals surface area (Å²) in [6, 6.07) is 12.2. The van der Waals surface area contributed by atoms with Gasteiger partial charge in [0.05, 0.1) is 18.1 Å². The predicted octanol–water partition coefficient (Wildman–Crippen LogP) is 3.43. The molecule has 5 nitrogen and oxygen atoms in total. The smallest absolute Gasteiger partial charge is 0.208 e. The Bertz CT molecular complexity index is 748. The van der Waals surface area contributed by atoms with E-state index >= 15 is 0 Å². The van der Waals surface area contributed by atoms with E-state index in [1.165, 1.54) is 16.2 Å². The standard InChI is InChI=1S/C18H23N5S/c1-3-16-17(15-9-10-20-13(15)2)23(12-24-16)22-18(19)21-11-14-7-5-4-6-8-14/h4-10,20H,3,11-12H2,1-2H3,(H3,19,21,22). The van der Waals surface area contributed by atoms with Crippen molar-refractivity contribution in [2.75, 3.05) is 5.88 Å². The molecule has 0 radical (unpaired) electrons. The number of rotatable bonds is 5. The monoisotopic (exact) mass is 341 g/mol. The number of guanidine groups is 1. The molecule has 0 atom stereocenters. The quantitative estimate of drug-likeness (QED) is 0.576. The van der Waals surface area contributed by atoms with Crippen LogP contribution in [-0.2, 0) is 6.54 Å². The topological polar surface area (TPSA) is 69.4 Å². The van der Waals surface area contributed by atoms with Crippen LogP contribution in [0.3, 0.4) is 0 Å². The highest BCUT2D eigenvalue weighted by atomic mass is 32.2. The maximum absolute atomic E-state index is 6.10. The van der Waals surface area contributed by atoms with Crippen LogP contribution in [0.1, 0.15) is 30.2 Å². The fourth-order valence-corrected chi connectivity index (χ4v) is 3.76. The first-order valence-corrected chi connectivity index (χ1v) is 9.06. The lowest BCUT2D eigenvalue weighted by Crippen LogP contribution is -2.43. The zero-order valence-electron chi connectivity index (χ0n) is 14.0. The van der Waals surface area contributed by atoms with Crippen molar-refractivity contribution in [3.63, 3.8) is 0 Å². The molecule has 0 spiro atoms. The molecule has 1 aliphatic rings. The van der Waals surface area contributed by atoms with E-state index in [0.717, 1.165) is 23.6 Å². The van der Waals surface area contributed by atoms with Crippen molar-refractivity contribution < 1.29 is 0 Å². The van der Waals surface area contributed by atoms with E-state index in [9.17, 15) is 0 Å². The molecule has 2 heterocycles. The average Bonchev–Trinajstić information content (AvgIpc) is 3.19. The van der Waals surface area contributed by atoms with Gasteiger partial charge in [0.1, 0.15) is 0 Å². The van der Waals surface area contributed by atoms with Crippen molar-refractivity contribution in [1.82, 2.24) is 15.4 Å². The molecule has 2 aromatic rings. The van der Waals surface area contributed by atoms with Gasteiger partial charge in [-0.1, -0.05) is 37.3 Å². The minimum absolute atomic E-state index is 0.433. The van der Waals surface area contributed by atoms with Crippen LogP contribution >= 0.6 is 11.8 Å². The van der Waals surface area contributed by atoms with Gasteiger partial charge < -0.3 is 10.7 Å². The third-order valence-corrected chi connectivity index (χ3v) is 5.17. The highest BCUT2D eigenvalue weighted by molar-refractivity contribution is 8.03. The van der Waals surface area contributed by atoms with E-state index < -0.39 is 0 Å². The molecule has 0 saturated carbocycles. The third kappa shape index (κ3) is 3.59. The number of hydrogen-bond acceptors (Lipinski definition) is 3. The number of hydrogen-bond donors (Lipinski definition) is 3. The Morgan fingerprint density at radius 1 is 1.33 bits per heavy atom. The van der Waals surface area contributed by atoms with Crippen molar-refractivity contribution in [2.24, 2.45) is 10.7 Å². The first kappa shape index (κ1) is 16.5. The summed E-state index contributed by atoms with van der Waals surface area (Å²) in [7, 11) is 0. The van der Waals surface area contributed by atoms with E-state index in [0.29, 0.717) is 12.5 Å². The Hall–Kier alpha value is -2.34. The number of aryl methyl sites for hydroxylation is 1. The van der Waals surface area contributed by atoms with Crippen LogP contribution in [0.15, 0.2) is 52.5 Å². The van der Waals surface area contributed by atoms with Crippen LogP contribution in [0.4, 0.5) is 0 Å². The first-order valence-electron chi connectivity index (χ1n) is 8.07. The molecule has 0 saturated heterocycles. The number of H-pyrrole nitrogens is 1. The molecule has 1 aromatic heterocycles. The van der Waals surface area contributed by atoms with Crippen LogP contribution in [0.2, 0.25) is 0 Å². The highest BCUT2D eigenvalue weighted by Crippen LogP contribution is 2.39. The fraction of sp³-hybridized carbons (Fsp3) is 0.278. The van der Waals surface area contributed by atoms with E-state index in [-0.39, 0.29) is 0 Å². The number of aromatic nitrogens is 1. The van der Waals surface area contributed by atoms with Crippen molar-refractivity contribution in [2.45, 2.75) is 26.8 Å². The zero-order valence-corrected chi connectivity index (χ0v) is 14.9. The van der Waals surface area contributed by atoms with Gasteiger partial charge in [-0.15, -0.1) is 11.8 Å². The number of hydrazine groups is 1. The lowest BCUT2D eigenvalue weighted by Gasteiger charge is -2.23. The van der Waals surface area contributed by atoms with Crippen molar-refractivity contribution in [1.29, 1.82) is 0 Å². The average molecular weight is 341 g/mol. The first-order chi connectivity index (χ1) is 11.7. The molecule has 0 amide bonds. The molecule has 126 valence electrons. The van der Waals surface area contributed by atoms with Crippen molar-refractivity contribution in [3.05, 3.63) is 64.3 Å². The molecule has 1 aliphatic heterocycles. The largest absolute Gasteiger partial charge is 0.369 e. The number of nitrogens with two attached hydrogens (primary N) is 1.